The first kappa shape index (κ1) is 13.4. The summed E-state index contributed by atoms with van der Waals surface area (Å²) in [6, 6.07) is -0.394. The molecule has 0 saturated carbocycles. The quantitative estimate of drug-likeness (QED) is 0.890. The number of nitrogens with one attached hydrogen (secondary N) is 1. The van der Waals surface area contributed by atoms with Crippen molar-refractivity contribution in [3.05, 3.63) is 6.20 Å². The van der Waals surface area contributed by atoms with Gasteiger partial charge in [0.15, 0.2) is 5.65 Å². The fourth-order valence-electron chi connectivity index (χ4n) is 1.75. The maximum atomic E-state index is 12.6. The standard InChI is InChI=1S/C10H13F3N6/c1-5(2)19(4-10(11,12)13)8-6-3-15-18-7(6)16-9(14)17-8/h3,5H,4H2,1-2H3,(H3,14,15,16,17,18). The van der Waals surface area contributed by atoms with Gasteiger partial charge < -0.3 is 10.6 Å². The van der Waals surface area contributed by atoms with Gasteiger partial charge in [-0.15, -0.1) is 0 Å². The summed E-state index contributed by atoms with van der Waals surface area (Å²) in [7, 11) is 0. The first-order valence-electron chi connectivity index (χ1n) is 5.58. The molecule has 0 aliphatic carbocycles. The van der Waals surface area contributed by atoms with Crippen molar-refractivity contribution in [1.29, 1.82) is 0 Å². The Bertz CT molecular complexity index is 576. The van der Waals surface area contributed by atoms with Crippen molar-refractivity contribution in [2.45, 2.75) is 26.1 Å². The van der Waals surface area contributed by atoms with Gasteiger partial charge in [0.25, 0.3) is 0 Å². The Morgan fingerprint density at radius 1 is 1.37 bits per heavy atom. The molecule has 0 atom stereocenters. The van der Waals surface area contributed by atoms with E-state index < -0.39 is 18.8 Å². The summed E-state index contributed by atoms with van der Waals surface area (Å²) in [5, 5.41) is 6.73. The highest BCUT2D eigenvalue weighted by atomic mass is 19.4. The normalized spacial score (nSPS) is 12.3. The molecule has 6 nitrogen and oxygen atoms in total. The Morgan fingerprint density at radius 3 is 2.63 bits per heavy atom. The molecule has 2 aromatic heterocycles. The highest BCUT2D eigenvalue weighted by molar-refractivity contribution is 5.87. The third kappa shape index (κ3) is 2.85. The average molecular weight is 274 g/mol. The zero-order valence-electron chi connectivity index (χ0n) is 10.4. The van der Waals surface area contributed by atoms with Gasteiger partial charge in [-0.3, -0.25) is 5.10 Å². The lowest BCUT2D eigenvalue weighted by Crippen LogP contribution is -2.39. The van der Waals surface area contributed by atoms with E-state index in [0.29, 0.717) is 11.0 Å². The van der Waals surface area contributed by atoms with E-state index in [-0.39, 0.29) is 11.8 Å². The number of nitrogens with zero attached hydrogens (tertiary/aromatic N) is 4. The molecule has 0 spiro atoms. The number of nitrogens with two attached hydrogens (primary N) is 1. The minimum atomic E-state index is -4.33. The predicted molar refractivity (Wildman–Crippen MR) is 64.6 cm³/mol. The predicted octanol–water partition coefficient (Wildman–Crippen LogP) is 1.71. The van der Waals surface area contributed by atoms with E-state index >= 15 is 0 Å². The fourth-order valence-corrected chi connectivity index (χ4v) is 1.75. The number of alkyl halides is 3. The zero-order chi connectivity index (χ0) is 14.2. The van der Waals surface area contributed by atoms with Crippen LogP contribution in [0.2, 0.25) is 0 Å². The molecule has 0 radical (unpaired) electrons. The van der Waals surface area contributed by atoms with Crippen LogP contribution >= 0.6 is 0 Å². The lowest BCUT2D eigenvalue weighted by molar-refractivity contribution is -0.120. The molecule has 9 heteroatoms. The van der Waals surface area contributed by atoms with Crippen molar-refractivity contribution in [2.75, 3.05) is 17.2 Å². The van der Waals surface area contributed by atoms with Gasteiger partial charge in [0, 0.05) is 6.04 Å². The second-order valence-electron chi connectivity index (χ2n) is 4.37. The van der Waals surface area contributed by atoms with Crippen LogP contribution in [0.5, 0.6) is 0 Å². The number of halogens is 3. The van der Waals surface area contributed by atoms with Crippen LogP contribution in [0, 0.1) is 0 Å². The molecule has 0 aliphatic rings. The van der Waals surface area contributed by atoms with E-state index in [1.807, 2.05) is 0 Å². The van der Waals surface area contributed by atoms with Crippen LogP contribution in [-0.2, 0) is 0 Å². The number of aromatic nitrogens is 4. The molecule has 19 heavy (non-hydrogen) atoms. The second-order valence-corrected chi connectivity index (χ2v) is 4.37. The van der Waals surface area contributed by atoms with Crippen LogP contribution in [0.1, 0.15) is 13.8 Å². The Kier molecular flexibility index (Phi) is 3.21. The first-order chi connectivity index (χ1) is 8.78. The second kappa shape index (κ2) is 4.56. The summed E-state index contributed by atoms with van der Waals surface area (Å²) in [5.41, 5.74) is 5.82. The van der Waals surface area contributed by atoms with Crippen molar-refractivity contribution in [3.63, 3.8) is 0 Å². The van der Waals surface area contributed by atoms with E-state index in [1.165, 1.54) is 6.20 Å². The summed E-state index contributed by atoms with van der Waals surface area (Å²) in [6.07, 6.45) is -2.95. The molecule has 0 fully saturated rings. The number of aromatic amines is 1. The van der Waals surface area contributed by atoms with Gasteiger partial charge >= 0.3 is 6.18 Å². The molecule has 0 aliphatic heterocycles. The van der Waals surface area contributed by atoms with Crippen LogP contribution in [0.4, 0.5) is 24.9 Å². The minimum Gasteiger partial charge on any atom is -0.368 e. The Morgan fingerprint density at radius 2 is 2.05 bits per heavy atom. The van der Waals surface area contributed by atoms with E-state index in [9.17, 15) is 13.2 Å². The molecule has 0 amide bonds. The highest BCUT2D eigenvalue weighted by Crippen LogP contribution is 2.28. The van der Waals surface area contributed by atoms with Crippen LogP contribution in [-0.4, -0.2) is 38.9 Å². The topological polar surface area (TPSA) is 83.7 Å². The van der Waals surface area contributed by atoms with E-state index in [2.05, 4.69) is 20.2 Å². The third-order valence-electron chi connectivity index (χ3n) is 2.55. The maximum absolute atomic E-state index is 12.6. The Hall–Kier alpha value is -2.06. The van der Waals surface area contributed by atoms with Gasteiger partial charge in [-0.05, 0) is 13.8 Å². The lowest BCUT2D eigenvalue weighted by atomic mass is 10.2. The largest absolute Gasteiger partial charge is 0.405 e. The number of rotatable bonds is 3. The van der Waals surface area contributed by atoms with Gasteiger partial charge in [0.1, 0.15) is 12.4 Å². The highest BCUT2D eigenvalue weighted by Gasteiger charge is 2.33. The van der Waals surface area contributed by atoms with Crippen molar-refractivity contribution in [3.8, 4) is 0 Å². The number of hydrogen-bond acceptors (Lipinski definition) is 5. The minimum absolute atomic E-state index is 0.0976. The van der Waals surface area contributed by atoms with Gasteiger partial charge in [-0.25, -0.2) is 0 Å². The van der Waals surface area contributed by atoms with Crippen molar-refractivity contribution in [1.82, 2.24) is 20.2 Å². The summed E-state index contributed by atoms with van der Waals surface area (Å²) in [5.74, 6) is 0.0307. The first-order valence-corrected chi connectivity index (χ1v) is 5.58. The van der Waals surface area contributed by atoms with E-state index in [4.69, 9.17) is 5.73 Å². The Balaban J connectivity index is 2.52. The number of hydrogen-bond donors (Lipinski definition) is 2. The zero-order valence-corrected chi connectivity index (χ0v) is 10.4. The van der Waals surface area contributed by atoms with Crippen LogP contribution in [0.25, 0.3) is 11.0 Å². The summed E-state index contributed by atoms with van der Waals surface area (Å²) in [6.45, 7) is 2.19. The Labute approximate surface area is 106 Å². The van der Waals surface area contributed by atoms with Gasteiger partial charge in [0.05, 0.1) is 11.6 Å². The monoisotopic (exact) mass is 274 g/mol. The molecule has 2 rings (SSSR count). The van der Waals surface area contributed by atoms with E-state index in [0.717, 1.165) is 4.90 Å². The lowest BCUT2D eigenvalue weighted by Gasteiger charge is -2.29. The summed E-state index contributed by atoms with van der Waals surface area (Å²) in [4.78, 5) is 8.91. The number of H-pyrrole nitrogens is 1. The van der Waals surface area contributed by atoms with E-state index in [1.54, 1.807) is 13.8 Å². The van der Waals surface area contributed by atoms with Crippen molar-refractivity contribution < 1.29 is 13.2 Å². The third-order valence-corrected chi connectivity index (χ3v) is 2.55. The summed E-state index contributed by atoms with van der Waals surface area (Å²) < 4.78 is 37.9. The molecular formula is C10H13F3N6. The SMILES string of the molecule is CC(C)N(CC(F)(F)F)c1nc(N)nc2[nH]ncc12. The number of fused-ring (bicyclic) bond motifs is 1. The van der Waals surface area contributed by atoms with Crippen molar-refractivity contribution in [2.24, 2.45) is 0 Å². The molecule has 0 unspecified atom stereocenters. The maximum Gasteiger partial charge on any atom is 0.405 e. The van der Waals surface area contributed by atoms with Gasteiger partial charge in [-0.2, -0.15) is 28.2 Å². The molecule has 2 heterocycles. The molecular weight excluding hydrogens is 261 g/mol. The van der Waals surface area contributed by atoms with Crippen LogP contribution in [0.3, 0.4) is 0 Å². The number of anilines is 2. The fraction of sp³-hybridized carbons (Fsp3) is 0.500. The van der Waals surface area contributed by atoms with Gasteiger partial charge in [0.2, 0.25) is 5.95 Å². The molecule has 0 bridgehead atoms. The van der Waals surface area contributed by atoms with Gasteiger partial charge in [-0.1, -0.05) is 0 Å². The van der Waals surface area contributed by atoms with Crippen LogP contribution in [0.15, 0.2) is 6.20 Å². The molecule has 2 aromatic rings. The smallest absolute Gasteiger partial charge is 0.368 e. The summed E-state index contributed by atoms with van der Waals surface area (Å²) >= 11 is 0. The molecule has 104 valence electrons. The number of nitrogen functional groups attached to an aromatic ring is 1. The average Bonchev–Trinajstić information content (AvgIpc) is 2.71. The molecule has 0 aromatic carbocycles. The molecule has 3 N–H and O–H groups in total. The van der Waals surface area contributed by atoms with Crippen molar-refractivity contribution >= 4 is 22.8 Å². The van der Waals surface area contributed by atoms with Crippen LogP contribution < -0.4 is 10.6 Å². The molecule has 0 saturated heterocycles.